The van der Waals surface area contributed by atoms with E-state index in [-0.39, 0.29) is 5.97 Å². The second kappa shape index (κ2) is 11.8. The number of aliphatic imine (C=N–C) groups is 1. The number of nitrogens with two attached hydrogens (primary N) is 1. The second-order valence-electron chi connectivity index (χ2n) is 6.83. The van der Waals surface area contributed by atoms with Crippen molar-refractivity contribution < 1.29 is 14.3 Å². The molecule has 162 valence electrons. The van der Waals surface area contributed by atoms with Crippen molar-refractivity contribution in [3.8, 4) is 0 Å². The summed E-state index contributed by atoms with van der Waals surface area (Å²) < 4.78 is 12.3. The molecule has 0 aliphatic rings. The first-order chi connectivity index (χ1) is 14.5. The molecule has 2 rings (SSSR count). The molecule has 1 aromatic heterocycles. The minimum Gasteiger partial charge on any atom is -0.465 e. The molecule has 0 aliphatic carbocycles. The van der Waals surface area contributed by atoms with Gasteiger partial charge in [-0.2, -0.15) is 0 Å². The predicted molar refractivity (Wildman–Crippen MR) is 121 cm³/mol. The van der Waals surface area contributed by atoms with Gasteiger partial charge in [-0.05, 0) is 42.3 Å². The quantitative estimate of drug-likeness (QED) is 0.253. The fourth-order valence-electron chi connectivity index (χ4n) is 3.02. The molecule has 7 nitrogen and oxygen atoms in total. The number of ether oxygens (including phenoxy) is 2. The molecule has 1 aromatic carbocycles. The zero-order valence-electron chi connectivity index (χ0n) is 18.1. The van der Waals surface area contributed by atoms with Gasteiger partial charge in [0, 0.05) is 32.3 Å². The highest BCUT2D eigenvalue weighted by Gasteiger charge is 2.08. The molecular formula is C23H32N4O3. The van der Waals surface area contributed by atoms with Crippen molar-refractivity contribution in [1.29, 1.82) is 0 Å². The molecule has 0 radical (unpaired) electrons. The summed E-state index contributed by atoms with van der Waals surface area (Å²) in [4.78, 5) is 16.3. The predicted octanol–water partition coefficient (Wildman–Crippen LogP) is 1.58. The molecule has 2 aromatic rings. The highest BCUT2D eigenvalue weighted by molar-refractivity contribution is 5.89. The Bertz CT molecular complexity index is 961. The van der Waals surface area contributed by atoms with Gasteiger partial charge in [-0.3, -0.25) is 0 Å². The summed E-state index contributed by atoms with van der Waals surface area (Å²) in [7, 11) is 1.37. The van der Waals surface area contributed by atoms with Gasteiger partial charge in [-0.1, -0.05) is 25.6 Å². The van der Waals surface area contributed by atoms with Crippen LogP contribution in [0.25, 0.3) is 12.4 Å². The molecule has 7 heteroatoms. The topological polar surface area (TPSA) is 90.9 Å². The lowest BCUT2D eigenvalue weighted by atomic mass is 10.1. The van der Waals surface area contributed by atoms with Gasteiger partial charge in [0.2, 0.25) is 0 Å². The summed E-state index contributed by atoms with van der Waals surface area (Å²) in [6.45, 7) is 10.7. The van der Waals surface area contributed by atoms with E-state index in [1.807, 2.05) is 31.3 Å². The third kappa shape index (κ3) is 6.49. The van der Waals surface area contributed by atoms with Crippen LogP contribution in [-0.2, 0) is 16.0 Å². The van der Waals surface area contributed by atoms with Crippen LogP contribution in [0.3, 0.4) is 0 Å². The van der Waals surface area contributed by atoms with Crippen LogP contribution in [0.2, 0.25) is 0 Å². The Morgan fingerprint density at radius 3 is 2.60 bits per heavy atom. The van der Waals surface area contributed by atoms with Crippen molar-refractivity contribution in [2.45, 2.75) is 33.2 Å². The maximum absolute atomic E-state index is 11.6. The van der Waals surface area contributed by atoms with Crippen LogP contribution in [0.5, 0.6) is 0 Å². The number of esters is 1. The number of hydrogen-bond donors (Lipinski definition) is 2. The van der Waals surface area contributed by atoms with Gasteiger partial charge in [0.05, 0.1) is 24.6 Å². The number of nitrogens with one attached hydrogen (secondary N) is 1. The third-order valence-electron chi connectivity index (χ3n) is 4.50. The van der Waals surface area contributed by atoms with Gasteiger partial charge in [-0.15, -0.1) is 0 Å². The Kier molecular flexibility index (Phi) is 9.15. The number of carbonyl (C=O) groups is 1. The number of rotatable bonds is 11. The fourth-order valence-corrected chi connectivity index (χ4v) is 3.02. The molecule has 0 atom stereocenters. The van der Waals surface area contributed by atoms with Crippen LogP contribution in [0, 0.1) is 0 Å². The maximum atomic E-state index is 11.6. The number of methoxy groups -OCH3 is 1. The van der Waals surface area contributed by atoms with Crippen molar-refractivity contribution in [2.75, 3.05) is 26.9 Å². The molecule has 0 fully saturated rings. The number of carbonyl (C=O) groups excluding carboxylic acids is 1. The van der Waals surface area contributed by atoms with Crippen LogP contribution in [-0.4, -0.2) is 43.2 Å². The zero-order chi connectivity index (χ0) is 21.9. The Morgan fingerprint density at radius 1 is 1.23 bits per heavy atom. The average molecular weight is 413 g/mol. The first-order valence-corrected chi connectivity index (χ1v) is 10.2. The average Bonchev–Trinajstić information content (AvgIpc) is 3.10. The summed E-state index contributed by atoms with van der Waals surface area (Å²) in [5.74, 6) is 0.908. The highest BCUT2D eigenvalue weighted by Crippen LogP contribution is 2.07. The minimum atomic E-state index is -0.349. The lowest BCUT2D eigenvalue weighted by Crippen LogP contribution is -2.36. The lowest BCUT2D eigenvalue weighted by molar-refractivity contribution is 0.0600. The molecule has 0 bridgehead atoms. The van der Waals surface area contributed by atoms with E-state index in [2.05, 4.69) is 28.4 Å². The summed E-state index contributed by atoms with van der Waals surface area (Å²) in [5, 5.41) is 5.08. The molecule has 30 heavy (non-hydrogen) atoms. The monoisotopic (exact) mass is 412 g/mol. The van der Waals surface area contributed by atoms with Crippen LogP contribution in [0.15, 0.2) is 41.5 Å². The molecule has 0 spiro atoms. The summed E-state index contributed by atoms with van der Waals surface area (Å²) in [5.41, 5.74) is 7.68. The first kappa shape index (κ1) is 23.2. The summed E-state index contributed by atoms with van der Waals surface area (Å²) >= 11 is 0. The van der Waals surface area contributed by atoms with Crippen molar-refractivity contribution in [2.24, 2.45) is 10.7 Å². The van der Waals surface area contributed by atoms with Crippen molar-refractivity contribution in [3.63, 3.8) is 0 Å². The second-order valence-corrected chi connectivity index (χ2v) is 6.83. The molecule has 3 N–H and O–H groups in total. The Labute approximate surface area is 177 Å². The SMILES string of the molecule is C=c1ccn(Cc2ccc(C(=O)OC)cc2)/c1=C(/N=C(/N)CCC)NCCOCC. The highest BCUT2D eigenvalue weighted by atomic mass is 16.5. The summed E-state index contributed by atoms with van der Waals surface area (Å²) in [6, 6.07) is 9.30. The van der Waals surface area contributed by atoms with E-state index in [4.69, 9.17) is 15.2 Å². The molecule has 1 heterocycles. The number of hydrogen-bond acceptors (Lipinski definition) is 5. The van der Waals surface area contributed by atoms with E-state index in [9.17, 15) is 4.79 Å². The number of nitrogens with zero attached hydrogens (tertiary/aromatic N) is 2. The Hall–Kier alpha value is -3.06. The molecule has 0 aliphatic heterocycles. The van der Waals surface area contributed by atoms with E-state index in [1.54, 1.807) is 12.1 Å². The van der Waals surface area contributed by atoms with Gasteiger partial charge >= 0.3 is 5.97 Å². The van der Waals surface area contributed by atoms with E-state index in [1.165, 1.54) is 7.11 Å². The first-order valence-electron chi connectivity index (χ1n) is 10.2. The van der Waals surface area contributed by atoms with Crippen LogP contribution in [0.4, 0.5) is 0 Å². The van der Waals surface area contributed by atoms with Gasteiger partial charge < -0.3 is 25.1 Å². The van der Waals surface area contributed by atoms with Crippen molar-refractivity contribution >= 4 is 24.2 Å². The van der Waals surface area contributed by atoms with Crippen LogP contribution in [0.1, 0.15) is 42.6 Å². The van der Waals surface area contributed by atoms with E-state index >= 15 is 0 Å². The smallest absolute Gasteiger partial charge is 0.337 e. The van der Waals surface area contributed by atoms with Gasteiger partial charge in [-0.25, -0.2) is 9.79 Å². The lowest BCUT2D eigenvalue weighted by Gasteiger charge is -2.11. The zero-order valence-corrected chi connectivity index (χ0v) is 18.1. The Balaban J connectivity index is 2.39. The number of amidine groups is 1. The molecular weight excluding hydrogens is 380 g/mol. The van der Waals surface area contributed by atoms with Crippen LogP contribution >= 0.6 is 0 Å². The fraction of sp³-hybridized carbons (Fsp3) is 0.391. The third-order valence-corrected chi connectivity index (χ3v) is 4.50. The standard InChI is InChI=1S/C23H32N4O3/c1-5-7-20(24)26-22(25-13-15-30-6-2)21-17(3)12-14-27(21)16-18-8-10-19(11-9-18)23(28)29-4/h8-12,14,25H,3,5-7,13,15-16H2,1-2,4H3,(H2,24,26)/b22-21+. The summed E-state index contributed by atoms with van der Waals surface area (Å²) in [6.07, 6.45) is 3.62. The van der Waals surface area contributed by atoms with Gasteiger partial charge in [0.15, 0.2) is 5.82 Å². The van der Waals surface area contributed by atoms with E-state index < -0.39 is 0 Å². The Morgan fingerprint density at radius 2 is 1.97 bits per heavy atom. The molecule has 0 amide bonds. The molecule has 0 saturated heterocycles. The normalized spacial score (nSPS) is 12.6. The van der Waals surface area contributed by atoms with Gasteiger partial charge in [0.25, 0.3) is 0 Å². The molecule has 0 saturated carbocycles. The van der Waals surface area contributed by atoms with Crippen LogP contribution < -0.4 is 21.6 Å². The van der Waals surface area contributed by atoms with Crippen molar-refractivity contribution in [3.05, 3.63) is 58.2 Å². The van der Waals surface area contributed by atoms with E-state index in [0.717, 1.165) is 29.0 Å². The van der Waals surface area contributed by atoms with Crippen molar-refractivity contribution in [1.82, 2.24) is 9.88 Å². The van der Waals surface area contributed by atoms with Gasteiger partial charge in [0.1, 0.15) is 5.84 Å². The number of aromatic nitrogens is 1. The minimum absolute atomic E-state index is 0.349. The maximum Gasteiger partial charge on any atom is 0.337 e. The largest absolute Gasteiger partial charge is 0.465 e. The van der Waals surface area contributed by atoms with E-state index in [0.29, 0.717) is 43.5 Å². The molecule has 0 unspecified atom stereocenters. The number of benzene rings is 1.